The molecular formula is C15H22N2O2. The number of ether oxygens (including phenoxy) is 1. The summed E-state index contributed by atoms with van der Waals surface area (Å²) >= 11 is 0. The Morgan fingerprint density at radius 1 is 1.37 bits per heavy atom. The highest BCUT2D eigenvalue weighted by atomic mass is 16.5. The Kier molecular flexibility index (Phi) is 4.30. The summed E-state index contributed by atoms with van der Waals surface area (Å²) in [6, 6.07) is 5.43. The van der Waals surface area contributed by atoms with E-state index in [0.29, 0.717) is 22.9 Å². The van der Waals surface area contributed by atoms with Gasteiger partial charge >= 0.3 is 0 Å². The predicted molar refractivity (Wildman–Crippen MR) is 76.3 cm³/mol. The van der Waals surface area contributed by atoms with E-state index in [0.717, 1.165) is 6.42 Å². The SMILES string of the molecule is COc1ccc(C(=O)N[C@H]2CCCC[C@H]2C)cc1N. The van der Waals surface area contributed by atoms with E-state index in [1.807, 2.05) is 0 Å². The topological polar surface area (TPSA) is 64.3 Å². The summed E-state index contributed by atoms with van der Waals surface area (Å²) in [5.41, 5.74) is 6.91. The van der Waals surface area contributed by atoms with Crippen molar-refractivity contribution in [1.82, 2.24) is 5.32 Å². The maximum absolute atomic E-state index is 12.2. The first kappa shape index (κ1) is 13.7. The Morgan fingerprint density at radius 3 is 2.74 bits per heavy atom. The second-order valence-corrected chi connectivity index (χ2v) is 5.30. The van der Waals surface area contributed by atoms with E-state index in [9.17, 15) is 4.79 Å². The molecule has 1 amide bonds. The van der Waals surface area contributed by atoms with E-state index in [1.54, 1.807) is 25.3 Å². The number of anilines is 1. The van der Waals surface area contributed by atoms with Gasteiger partial charge in [0, 0.05) is 11.6 Å². The molecule has 0 saturated heterocycles. The number of nitrogen functional groups attached to an aromatic ring is 1. The summed E-state index contributed by atoms with van der Waals surface area (Å²) in [6.45, 7) is 2.20. The van der Waals surface area contributed by atoms with Crippen LogP contribution in [-0.4, -0.2) is 19.1 Å². The van der Waals surface area contributed by atoms with Crippen LogP contribution in [0.3, 0.4) is 0 Å². The first-order chi connectivity index (χ1) is 9.11. The molecule has 1 saturated carbocycles. The van der Waals surface area contributed by atoms with Crippen molar-refractivity contribution in [1.29, 1.82) is 0 Å². The van der Waals surface area contributed by atoms with Gasteiger partial charge in [0.2, 0.25) is 0 Å². The summed E-state index contributed by atoms with van der Waals surface area (Å²) in [4.78, 5) is 12.2. The molecule has 1 aliphatic carbocycles. The maximum atomic E-state index is 12.2. The van der Waals surface area contributed by atoms with Crippen molar-refractivity contribution in [2.75, 3.05) is 12.8 Å². The van der Waals surface area contributed by atoms with Gasteiger partial charge in [0.1, 0.15) is 5.75 Å². The number of amides is 1. The number of nitrogens with one attached hydrogen (secondary N) is 1. The third-order valence-corrected chi connectivity index (χ3v) is 3.92. The van der Waals surface area contributed by atoms with Gasteiger partial charge in [-0.1, -0.05) is 19.8 Å². The highest BCUT2D eigenvalue weighted by molar-refractivity contribution is 5.95. The lowest BCUT2D eigenvalue weighted by Gasteiger charge is -2.29. The Hall–Kier alpha value is -1.71. The Labute approximate surface area is 114 Å². The fourth-order valence-electron chi connectivity index (χ4n) is 2.66. The average molecular weight is 262 g/mol. The van der Waals surface area contributed by atoms with Gasteiger partial charge in [-0.3, -0.25) is 4.79 Å². The molecule has 0 spiro atoms. The van der Waals surface area contributed by atoms with E-state index in [1.165, 1.54) is 19.3 Å². The van der Waals surface area contributed by atoms with E-state index in [-0.39, 0.29) is 11.9 Å². The molecule has 4 heteroatoms. The second kappa shape index (κ2) is 5.95. The zero-order valence-corrected chi connectivity index (χ0v) is 11.6. The predicted octanol–water partition coefficient (Wildman–Crippen LogP) is 2.59. The van der Waals surface area contributed by atoms with Crippen LogP contribution in [0.4, 0.5) is 5.69 Å². The Balaban J connectivity index is 2.05. The summed E-state index contributed by atoms with van der Waals surface area (Å²) in [7, 11) is 1.56. The molecule has 0 heterocycles. The van der Waals surface area contributed by atoms with Crippen LogP contribution in [0.2, 0.25) is 0 Å². The lowest BCUT2D eigenvalue weighted by Crippen LogP contribution is -2.41. The van der Waals surface area contributed by atoms with Crippen molar-refractivity contribution in [3.8, 4) is 5.75 Å². The van der Waals surface area contributed by atoms with Gasteiger partial charge in [0.15, 0.2) is 0 Å². The number of rotatable bonds is 3. The van der Waals surface area contributed by atoms with E-state index < -0.39 is 0 Å². The summed E-state index contributed by atoms with van der Waals surface area (Å²) in [6.07, 6.45) is 4.72. The van der Waals surface area contributed by atoms with Gasteiger partial charge in [-0.05, 0) is 37.0 Å². The molecule has 0 bridgehead atoms. The van der Waals surface area contributed by atoms with Crippen LogP contribution < -0.4 is 15.8 Å². The van der Waals surface area contributed by atoms with Crippen molar-refractivity contribution in [2.24, 2.45) is 5.92 Å². The summed E-state index contributed by atoms with van der Waals surface area (Å²) < 4.78 is 5.09. The molecular weight excluding hydrogens is 240 g/mol. The molecule has 2 atom stereocenters. The van der Waals surface area contributed by atoms with Crippen LogP contribution in [0, 0.1) is 5.92 Å². The molecule has 3 N–H and O–H groups in total. The average Bonchev–Trinajstić information content (AvgIpc) is 2.41. The van der Waals surface area contributed by atoms with Gasteiger partial charge < -0.3 is 15.8 Å². The molecule has 2 rings (SSSR count). The van der Waals surface area contributed by atoms with E-state index in [4.69, 9.17) is 10.5 Å². The molecule has 4 nitrogen and oxygen atoms in total. The van der Waals surface area contributed by atoms with Crippen molar-refractivity contribution in [3.63, 3.8) is 0 Å². The van der Waals surface area contributed by atoms with E-state index >= 15 is 0 Å². The lowest BCUT2D eigenvalue weighted by atomic mass is 9.86. The molecule has 0 unspecified atom stereocenters. The number of benzene rings is 1. The van der Waals surface area contributed by atoms with Crippen molar-refractivity contribution in [3.05, 3.63) is 23.8 Å². The number of hydrogen-bond donors (Lipinski definition) is 2. The van der Waals surface area contributed by atoms with Crippen LogP contribution >= 0.6 is 0 Å². The highest BCUT2D eigenvalue weighted by Gasteiger charge is 2.23. The standard InChI is InChI=1S/C15H22N2O2/c1-10-5-3-4-6-13(10)17-15(18)11-7-8-14(19-2)12(16)9-11/h7-10,13H,3-6,16H2,1-2H3,(H,17,18)/t10-,13+/m1/s1. The summed E-state index contributed by atoms with van der Waals surface area (Å²) in [5, 5.41) is 3.11. The van der Waals surface area contributed by atoms with Gasteiger partial charge in [-0.2, -0.15) is 0 Å². The van der Waals surface area contributed by atoms with Gasteiger partial charge in [0.05, 0.1) is 12.8 Å². The van der Waals surface area contributed by atoms with Crippen LogP contribution in [0.15, 0.2) is 18.2 Å². The van der Waals surface area contributed by atoms with Crippen LogP contribution in [0.1, 0.15) is 43.0 Å². The van der Waals surface area contributed by atoms with Crippen molar-refractivity contribution in [2.45, 2.75) is 38.6 Å². The zero-order valence-electron chi connectivity index (χ0n) is 11.6. The van der Waals surface area contributed by atoms with E-state index in [2.05, 4.69) is 12.2 Å². The molecule has 104 valence electrons. The fraction of sp³-hybridized carbons (Fsp3) is 0.533. The first-order valence-electron chi connectivity index (χ1n) is 6.86. The maximum Gasteiger partial charge on any atom is 0.251 e. The van der Waals surface area contributed by atoms with Crippen molar-refractivity contribution < 1.29 is 9.53 Å². The molecule has 1 aromatic carbocycles. The number of hydrogen-bond acceptors (Lipinski definition) is 3. The third-order valence-electron chi connectivity index (χ3n) is 3.92. The fourth-order valence-corrected chi connectivity index (χ4v) is 2.66. The van der Waals surface area contributed by atoms with Crippen LogP contribution in [0.5, 0.6) is 5.75 Å². The number of methoxy groups -OCH3 is 1. The minimum absolute atomic E-state index is 0.0481. The van der Waals surface area contributed by atoms with Gasteiger partial charge in [0.25, 0.3) is 5.91 Å². The number of nitrogens with two attached hydrogens (primary N) is 1. The summed E-state index contributed by atoms with van der Waals surface area (Å²) in [5.74, 6) is 1.10. The monoisotopic (exact) mass is 262 g/mol. The highest BCUT2D eigenvalue weighted by Crippen LogP contribution is 2.25. The Morgan fingerprint density at radius 2 is 2.11 bits per heavy atom. The quantitative estimate of drug-likeness (QED) is 0.823. The van der Waals surface area contributed by atoms with Crippen molar-refractivity contribution >= 4 is 11.6 Å². The lowest BCUT2D eigenvalue weighted by molar-refractivity contribution is 0.0910. The zero-order chi connectivity index (χ0) is 13.8. The molecule has 0 aromatic heterocycles. The minimum atomic E-state index is -0.0481. The van der Waals surface area contributed by atoms with Gasteiger partial charge in [-0.25, -0.2) is 0 Å². The van der Waals surface area contributed by atoms with Gasteiger partial charge in [-0.15, -0.1) is 0 Å². The number of carbonyl (C=O) groups is 1. The molecule has 0 radical (unpaired) electrons. The molecule has 1 fully saturated rings. The molecule has 1 aliphatic rings. The molecule has 0 aliphatic heterocycles. The molecule has 1 aromatic rings. The molecule has 19 heavy (non-hydrogen) atoms. The second-order valence-electron chi connectivity index (χ2n) is 5.30. The Bertz CT molecular complexity index is 459. The van der Waals surface area contributed by atoms with Crippen LogP contribution in [-0.2, 0) is 0 Å². The minimum Gasteiger partial charge on any atom is -0.495 e. The third kappa shape index (κ3) is 3.19. The largest absolute Gasteiger partial charge is 0.495 e. The number of carbonyl (C=O) groups excluding carboxylic acids is 1. The smallest absolute Gasteiger partial charge is 0.251 e. The van der Waals surface area contributed by atoms with Crippen LogP contribution in [0.25, 0.3) is 0 Å². The normalized spacial score (nSPS) is 22.8. The first-order valence-corrected chi connectivity index (χ1v) is 6.86.